The smallest absolute Gasteiger partial charge is 0.323 e. The summed E-state index contributed by atoms with van der Waals surface area (Å²) in [5.74, 6) is -0.380. The summed E-state index contributed by atoms with van der Waals surface area (Å²) in [7, 11) is 0. The van der Waals surface area contributed by atoms with Gasteiger partial charge in [0.1, 0.15) is 17.6 Å². The van der Waals surface area contributed by atoms with Gasteiger partial charge in [-0.15, -0.1) is 0 Å². The minimum absolute atomic E-state index is 0.00907. The Hall–Kier alpha value is -2.69. The minimum Gasteiger partial charge on any atom is -0.466 e. The van der Waals surface area contributed by atoms with E-state index in [1.165, 1.54) is 0 Å². The molecule has 49 heavy (non-hydrogen) atoms. The molecule has 278 valence electrons. The van der Waals surface area contributed by atoms with Crippen LogP contribution < -0.4 is 0 Å². The molecule has 1 aliphatic heterocycles. The third-order valence-electron chi connectivity index (χ3n) is 9.49. The summed E-state index contributed by atoms with van der Waals surface area (Å²) in [4.78, 5) is 64.1. The number of ether oxygens (including phenoxy) is 2. The molecule has 2 rings (SSSR count). The molecule has 1 aliphatic rings. The first-order valence-electron chi connectivity index (χ1n) is 19.1. The van der Waals surface area contributed by atoms with E-state index in [1.54, 1.807) is 13.8 Å². The summed E-state index contributed by atoms with van der Waals surface area (Å²) < 4.78 is 11.3. The zero-order valence-corrected chi connectivity index (χ0v) is 31.6. The SMILES string of the molecule is CCCCCCC(C(=O)OCCCC)N1CCN(C(CCC(=O)OCCCC)C(C)=O)CCN(C(CCC)C(C)=O)Cc2cccc(n2)C1. The molecule has 0 fully saturated rings. The normalized spacial score (nSPS) is 16.9. The van der Waals surface area contributed by atoms with Crippen molar-refractivity contribution in [2.45, 2.75) is 156 Å². The first kappa shape index (κ1) is 42.5. The maximum Gasteiger partial charge on any atom is 0.323 e. The molecule has 2 bridgehead atoms. The number of aromatic nitrogens is 1. The molecule has 0 spiro atoms. The number of hydrogen-bond donors (Lipinski definition) is 0. The summed E-state index contributed by atoms with van der Waals surface area (Å²) in [6.07, 6.45) is 10.5. The fraction of sp³-hybridized carbons (Fsp3) is 0.769. The Morgan fingerprint density at radius 1 is 0.633 bits per heavy atom. The zero-order valence-electron chi connectivity index (χ0n) is 31.6. The molecule has 2 heterocycles. The van der Waals surface area contributed by atoms with Crippen LogP contribution in [-0.4, -0.2) is 101 Å². The third-order valence-corrected chi connectivity index (χ3v) is 9.49. The number of nitrogens with zero attached hydrogens (tertiary/aromatic N) is 4. The average molecular weight is 687 g/mol. The molecule has 0 aliphatic carbocycles. The van der Waals surface area contributed by atoms with Gasteiger partial charge in [-0.3, -0.25) is 38.9 Å². The molecule has 0 amide bonds. The van der Waals surface area contributed by atoms with Crippen LogP contribution >= 0.6 is 0 Å². The zero-order chi connectivity index (χ0) is 36.0. The maximum atomic E-state index is 13.7. The van der Waals surface area contributed by atoms with E-state index in [4.69, 9.17) is 14.5 Å². The number of rotatable bonds is 22. The Labute approximate surface area is 296 Å². The molecule has 3 atom stereocenters. The summed E-state index contributed by atoms with van der Waals surface area (Å²) in [5, 5.41) is 0. The van der Waals surface area contributed by atoms with Crippen molar-refractivity contribution in [3.05, 3.63) is 29.6 Å². The summed E-state index contributed by atoms with van der Waals surface area (Å²) >= 11 is 0. The molecule has 0 aromatic carbocycles. The largest absolute Gasteiger partial charge is 0.466 e. The molecule has 0 N–H and O–H groups in total. The van der Waals surface area contributed by atoms with Crippen LogP contribution in [0.2, 0.25) is 0 Å². The van der Waals surface area contributed by atoms with Crippen molar-refractivity contribution < 1.29 is 28.7 Å². The van der Waals surface area contributed by atoms with Gasteiger partial charge in [0.15, 0.2) is 0 Å². The molecular formula is C39H66N4O6. The first-order chi connectivity index (χ1) is 23.6. The van der Waals surface area contributed by atoms with Gasteiger partial charge in [0.25, 0.3) is 0 Å². The van der Waals surface area contributed by atoms with Crippen LogP contribution in [0, 0.1) is 0 Å². The molecule has 10 heteroatoms. The highest BCUT2D eigenvalue weighted by Gasteiger charge is 2.32. The number of hydrogen-bond acceptors (Lipinski definition) is 10. The van der Waals surface area contributed by atoms with Crippen molar-refractivity contribution in [2.24, 2.45) is 0 Å². The molecular weight excluding hydrogens is 620 g/mol. The quantitative estimate of drug-likeness (QED) is 0.0988. The molecule has 3 unspecified atom stereocenters. The van der Waals surface area contributed by atoms with Gasteiger partial charge in [-0.2, -0.15) is 0 Å². The number of fused-ring (bicyclic) bond motifs is 2. The van der Waals surface area contributed by atoms with Crippen molar-refractivity contribution in [2.75, 3.05) is 39.4 Å². The molecule has 0 saturated heterocycles. The molecule has 1 aromatic rings. The average Bonchev–Trinajstić information content (AvgIpc) is 3.06. The monoisotopic (exact) mass is 686 g/mol. The number of unbranched alkanes of at least 4 members (excludes halogenated alkanes) is 5. The summed E-state index contributed by atoms with van der Waals surface area (Å²) in [6, 6.07) is 4.82. The van der Waals surface area contributed by atoms with Crippen LogP contribution in [-0.2, 0) is 41.7 Å². The number of Topliss-reactive ketones (excluding diaryl/α,β-unsaturated/α-hetero) is 2. The Bertz CT molecular complexity index is 1130. The van der Waals surface area contributed by atoms with Crippen LogP contribution in [0.3, 0.4) is 0 Å². The number of carbonyl (C=O) groups excluding carboxylic acids is 4. The van der Waals surface area contributed by atoms with E-state index < -0.39 is 12.1 Å². The van der Waals surface area contributed by atoms with Crippen molar-refractivity contribution in [1.29, 1.82) is 0 Å². The lowest BCUT2D eigenvalue weighted by atomic mass is 10.0. The Morgan fingerprint density at radius 3 is 1.71 bits per heavy atom. The van der Waals surface area contributed by atoms with E-state index in [-0.39, 0.29) is 36.0 Å². The van der Waals surface area contributed by atoms with E-state index >= 15 is 0 Å². The van der Waals surface area contributed by atoms with Gasteiger partial charge >= 0.3 is 11.9 Å². The van der Waals surface area contributed by atoms with Crippen LogP contribution in [0.5, 0.6) is 0 Å². The lowest BCUT2D eigenvalue weighted by molar-refractivity contribution is -0.151. The van der Waals surface area contributed by atoms with E-state index in [1.807, 2.05) is 25.1 Å². The van der Waals surface area contributed by atoms with Crippen molar-refractivity contribution >= 4 is 23.5 Å². The van der Waals surface area contributed by atoms with Crippen molar-refractivity contribution in [3.8, 4) is 0 Å². The highest BCUT2D eigenvalue weighted by molar-refractivity contribution is 5.82. The van der Waals surface area contributed by atoms with E-state index in [2.05, 4.69) is 35.5 Å². The Morgan fingerprint density at radius 2 is 1.16 bits per heavy atom. The molecule has 0 radical (unpaired) electrons. The highest BCUT2D eigenvalue weighted by Crippen LogP contribution is 2.21. The second kappa shape index (κ2) is 24.5. The van der Waals surface area contributed by atoms with Crippen molar-refractivity contribution in [1.82, 2.24) is 19.7 Å². The third kappa shape index (κ3) is 15.8. The topological polar surface area (TPSA) is 109 Å². The fourth-order valence-electron chi connectivity index (χ4n) is 6.59. The van der Waals surface area contributed by atoms with Gasteiger partial charge in [0, 0.05) is 45.7 Å². The molecule has 1 aromatic heterocycles. The predicted octanol–water partition coefficient (Wildman–Crippen LogP) is 6.52. The van der Waals surface area contributed by atoms with E-state index in [0.717, 1.165) is 75.6 Å². The number of carbonyl (C=O) groups is 4. The number of esters is 2. The molecule has 0 saturated carbocycles. The minimum atomic E-state index is -0.497. The fourth-order valence-corrected chi connectivity index (χ4v) is 6.59. The number of pyridine rings is 1. The second-order valence-corrected chi connectivity index (χ2v) is 13.6. The van der Waals surface area contributed by atoms with Gasteiger partial charge in [-0.1, -0.05) is 78.7 Å². The first-order valence-corrected chi connectivity index (χ1v) is 19.1. The van der Waals surface area contributed by atoms with Gasteiger partial charge in [-0.25, -0.2) is 0 Å². The van der Waals surface area contributed by atoms with Crippen LogP contribution in [0.1, 0.15) is 136 Å². The predicted molar refractivity (Wildman–Crippen MR) is 194 cm³/mol. The lowest BCUT2D eigenvalue weighted by Crippen LogP contribution is -2.52. The van der Waals surface area contributed by atoms with Crippen molar-refractivity contribution in [3.63, 3.8) is 0 Å². The van der Waals surface area contributed by atoms with Crippen LogP contribution in [0.15, 0.2) is 18.2 Å². The Balaban J connectivity index is 2.51. The van der Waals surface area contributed by atoms with Gasteiger partial charge in [0.2, 0.25) is 0 Å². The van der Waals surface area contributed by atoms with Crippen LogP contribution in [0.25, 0.3) is 0 Å². The van der Waals surface area contributed by atoms with Gasteiger partial charge in [0.05, 0.1) is 36.7 Å². The summed E-state index contributed by atoms with van der Waals surface area (Å²) in [6.45, 7) is 15.5. The number of ketones is 2. The maximum absolute atomic E-state index is 13.7. The van der Waals surface area contributed by atoms with Crippen LogP contribution in [0.4, 0.5) is 0 Å². The standard InChI is InChI=1S/C39H66N4O6/c1-7-11-14-15-20-37(39(47)49-28-13-9-3)43-26-24-41(36(32(6)45)21-22-38(46)48-27-12-8-2)23-25-42(35(17-10-4)31(5)44)29-33-18-16-19-34(30-43)40-33/h16,18-19,35-37H,7-15,17,20-30H2,1-6H3. The second-order valence-electron chi connectivity index (χ2n) is 13.6. The summed E-state index contributed by atoms with van der Waals surface area (Å²) in [5.41, 5.74) is 1.73. The Kier molecular flexibility index (Phi) is 21.2. The van der Waals surface area contributed by atoms with Gasteiger partial charge < -0.3 is 9.47 Å². The lowest BCUT2D eigenvalue weighted by Gasteiger charge is -2.38. The highest BCUT2D eigenvalue weighted by atomic mass is 16.5. The van der Waals surface area contributed by atoms with E-state index in [9.17, 15) is 19.2 Å². The molecule has 10 nitrogen and oxygen atoms in total. The van der Waals surface area contributed by atoms with E-state index in [0.29, 0.717) is 65.3 Å². The van der Waals surface area contributed by atoms with Gasteiger partial charge in [-0.05, 0) is 58.1 Å².